The summed E-state index contributed by atoms with van der Waals surface area (Å²) in [4.78, 5) is 39.8. The molecule has 1 aliphatic carbocycles. The summed E-state index contributed by atoms with van der Waals surface area (Å²) in [5, 5.41) is 13.4. The van der Waals surface area contributed by atoms with E-state index in [1.54, 1.807) is 30.0 Å². The van der Waals surface area contributed by atoms with Crippen molar-refractivity contribution in [3.05, 3.63) is 80.3 Å². The number of rotatable bonds is 5. The minimum Gasteiger partial charge on any atom is -0.338 e. The average Bonchev–Trinajstić information content (AvgIpc) is 3.36. The summed E-state index contributed by atoms with van der Waals surface area (Å²) in [6.07, 6.45) is 3.44. The van der Waals surface area contributed by atoms with Gasteiger partial charge in [0, 0.05) is 42.5 Å². The number of hydrogen-bond donors (Lipinski definition) is 1. The molecule has 2 aromatic rings. The normalized spacial score (nSPS) is 27.9. The number of aliphatic imine (C=N–C) groups is 1. The van der Waals surface area contributed by atoms with E-state index in [1.807, 2.05) is 36.6 Å². The molecule has 7 rings (SSSR count). The van der Waals surface area contributed by atoms with E-state index in [1.165, 1.54) is 30.0 Å². The van der Waals surface area contributed by atoms with Crippen LogP contribution in [0.1, 0.15) is 76.1 Å². The lowest BCUT2D eigenvalue weighted by atomic mass is 9.80. The zero-order valence-corrected chi connectivity index (χ0v) is 28.4. The predicted octanol–water partition coefficient (Wildman–Crippen LogP) is 6.08. The van der Waals surface area contributed by atoms with Crippen molar-refractivity contribution in [3.63, 3.8) is 0 Å². The SMILES string of the molecule is CC(C)C1=C(C(=O)N2[C@H](C)CC[C@H]2C(=O)N2CCNC3(CC3)C2)SC2=N[C@@](C)(c3ccc(C#N)cc3F)[C@@H](c3ccc(Cl)c(F)c3)N21. The third-order valence-corrected chi connectivity index (χ3v) is 11.7. The summed E-state index contributed by atoms with van der Waals surface area (Å²) in [6, 6.07) is 9.35. The van der Waals surface area contributed by atoms with Gasteiger partial charge in [-0.15, -0.1) is 0 Å². The number of nitriles is 1. The molecule has 0 radical (unpaired) electrons. The Morgan fingerprint density at radius 1 is 1.15 bits per heavy atom. The van der Waals surface area contributed by atoms with Gasteiger partial charge in [-0.2, -0.15) is 5.26 Å². The van der Waals surface area contributed by atoms with Crippen LogP contribution < -0.4 is 5.32 Å². The molecule has 3 fully saturated rings. The monoisotopic (exact) mass is 678 g/mol. The fourth-order valence-corrected chi connectivity index (χ4v) is 9.29. The van der Waals surface area contributed by atoms with Crippen LogP contribution in [0.25, 0.3) is 0 Å². The third kappa shape index (κ3) is 5.24. The molecule has 4 heterocycles. The Kier molecular flexibility index (Phi) is 7.93. The van der Waals surface area contributed by atoms with Crippen molar-refractivity contribution >= 4 is 40.3 Å². The maximum atomic E-state index is 15.7. The van der Waals surface area contributed by atoms with Crippen LogP contribution in [0.4, 0.5) is 8.78 Å². The van der Waals surface area contributed by atoms with Crippen molar-refractivity contribution in [2.45, 2.75) is 82.6 Å². The lowest BCUT2D eigenvalue weighted by Crippen LogP contribution is -2.58. The average molecular weight is 679 g/mol. The number of amidine groups is 1. The number of nitrogens with zero attached hydrogens (tertiary/aromatic N) is 5. The number of halogens is 3. The highest BCUT2D eigenvalue weighted by molar-refractivity contribution is 8.18. The highest BCUT2D eigenvalue weighted by atomic mass is 35.5. The third-order valence-electron chi connectivity index (χ3n) is 10.4. The maximum absolute atomic E-state index is 15.7. The number of piperazine rings is 1. The minimum absolute atomic E-state index is 0.00129. The number of carbonyl (C=O) groups excluding carboxylic acids is 2. The number of carbonyl (C=O) groups is 2. The van der Waals surface area contributed by atoms with Crippen LogP contribution in [0.2, 0.25) is 5.02 Å². The zero-order valence-electron chi connectivity index (χ0n) is 26.8. The largest absolute Gasteiger partial charge is 0.338 e. The molecule has 0 unspecified atom stereocenters. The van der Waals surface area contributed by atoms with Crippen LogP contribution in [0.15, 0.2) is 52.0 Å². The van der Waals surface area contributed by atoms with Crippen LogP contribution in [0, 0.1) is 28.9 Å². The van der Waals surface area contributed by atoms with Gasteiger partial charge >= 0.3 is 0 Å². The number of likely N-dealkylation sites (tertiary alicyclic amines) is 1. The lowest BCUT2D eigenvalue weighted by Gasteiger charge is -2.38. The first-order chi connectivity index (χ1) is 22.4. The molecule has 1 N–H and O–H groups in total. The second kappa shape index (κ2) is 11.6. The summed E-state index contributed by atoms with van der Waals surface area (Å²) in [5.74, 6) is -1.60. The molecular formula is C35H37ClF2N6O2S. The maximum Gasteiger partial charge on any atom is 0.263 e. The van der Waals surface area contributed by atoms with Crippen LogP contribution >= 0.6 is 23.4 Å². The molecule has 12 heteroatoms. The van der Waals surface area contributed by atoms with E-state index in [4.69, 9.17) is 16.6 Å². The van der Waals surface area contributed by atoms with E-state index >= 15 is 8.78 Å². The number of nitrogens with one attached hydrogen (secondary N) is 1. The number of hydrogen-bond acceptors (Lipinski definition) is 7. The fraction of sp³-hybridized carbons (Fsp3) is 0.486. The zero-order chi connectivity index (χ0) is 33.4. The minimum atomic E-state index is -1.24. The van der Waals surface area contributed by atoms with Gasteiger partial charge < -0.3 is 20.0 Å². The van der Waals surface area contributed by atoms with Crippen LogP contribution in [0.5, 0.6) is 0 Å². The van der Waals surface area contributed by atoms with Gasteiger partial charge in [0.2, 0.25) is 5.91 Å². The number of allylic oxidation sites excluding steroid dienone is 1. The first kappa shape index (κ1) is 32.1. The van der Waals surface area contributed by atoms with Gasteiger partial charge in [0.05, 0.1) is 22.7 Å². The highest BCUT2D eigenvalue weighted by Crippen LogP contribution is 2.57. The Morgan fingerprint density at radius 3 is 2.57 bits per heavy atom. The van der Waals surface area contributed by atoms with Gasteiger partial charge in [-0.3, -0.25) is 9.59 Å². The molecule has 2 aromatic carbocycles. The molecule has 47 heavy (non-hydrogen) atoms. The van der Waals surface area contributed by atoms with Crippen LogP contribution in [-0.2, 0) is 15.1 Å². The van der Waals surface area contributed by atoms with Crippen molar-refractivity contribution < 1.29 is 18.4 Å². The molecule has 0 aromatic heterocycles. The smallest absolute Gasteiger partial charge is 0.263 e. The van der Waals surface area contributed by atoms with Gasteiger partial charge in [-0.05, 0) is 87.0 Å². The summed E-state index contributed by atoms with van der Waals surface area (Å²) in [7, 11) is 0. The molecule has 4 aliphatic heterocycles. The van der Waals surface area contributed by atoms with Gasteiger partial charge in [-0.1, -0.05) is 37.6 Å². The Bertz CT molecular complexity index is 1790. The molecule has 246 valence electrons. The van der Waals surface area contributed by atoms with E-state index in [9.17, 15) is 14.9 Å². The first-order valence-corrected chi connectivity index (χ1v) is 17.4. The number of thioether (sulfide) groups is 1. The molecule has 2 saturated heterocycles. The molecule has 8 nitrogen and oxygen atoms in total. The van der Waals surface area contributed by atoms with Gasteiger partial charge in [-0.25, -0.2) is 13.8 Å². The van der Waals surface area contributed by atoms with Gasteiger partial charge in [0.1, 0.15) is 28.1 Å². The molecule has 1 saturated carbocycles. The second-order valence-electron chi connectivity index (χ2n) is 13.9. The van der Waals surface area contributed by atoms with Crippen LogP contribution in [0.3, 0.4) is 0 Å². The standard InChI is InChI=1S/C35H37ClF2N6O2S/c1-19(2)28-29(32(46)43-20(3)5-10-27(43)31(45)42-14-13-40-35(18-42)11-12-35)47-33-41-34(4,23-8-6-21(17-39)15-25(23)37)30(44(28)33)22-7-9-24(36)26(38)16-22/h6-9,15-16,19-20,27,30,40H,5,10-14,18H2,1-4H3/t20-,27+,30-,34+/m1/s1. The predicted molar refractivity (Wildman–Crippen MR) is 177 cm³/mol. The summed E-state index contributed by atoms with van der Waals surface area (Å²) < 4.78 is 30.7. The lowest BCUT2D eigenvalue weighted by molar-refractivity contribution is -0.144. The van der Waals surface area contributed by atoms with E-state index in [2.05, 4.69) is 5.32 Å². The first-order valence-electron chi connectivity index (χ1n) is 16.2. The molecule has 2 amide bonds. The van der Waals surface area contributed by atoms with E-state index in [-0.39, 0.29) is 45.5 Å². The molecule has 5 aliphatic rings. The molecule has 1 spiro atoms. The summed E-state index contributed by atoms with van der Waals surface area (Å²) in [5.41, 5.74) is 0.425. The number of fused-ring (bicyclic) bond motifs is 1. The van der Waals surface area contributed by atoms with Crippen molar-refractivity contribution in [2.24, 2.45) is 10.9 Å². The Labute approximate surface area is 282 Å². The summed E-state index contributed by atoms with van der Waals surface area (Å²) >= 11 is 7.31. The molecular weight excluding hydrogens is 642 g/mol. The van der Waals surface area contributed by atoms with E-state index < -0.39 is 29.3 Å². The Hall–Kier alpha value is -3.46. The number of benzene rings is 2. The Morgan fingerprint density at radius 2 is 1.91 bits per heavy atom. The fourth-order valence-electron chi connectivity index (χ4n) is 7.82. The van der Waals surface area contributed by atoms with Gasteiger partial charge in [0.25, 0.3) is 5.91 Å². The van der Waals surface area contributed by atoms with Gasteiger partial charge in [0.15, 0.2) is 5.17 Å². The van der Waals surface area contributed by atoms with E-state index in [0.29, 0.717) is 40.8 Å². The van der Waals surface area contributed by atoms with Crippen LogP contribution in [-0.4, -0.2) is 68.9 Å². The highest BCUT2D eigenvalue weighted by Gasteiger charge is 2.56. The summed E-state index contributed by atoms with van der Waals surface area (Å²) in [6.45, 7) is 9.78. The van der Waals surface area contributed by atoms with Crippen molar-refractivity contribution in [1.29, 1.82) is 5.26 Å². The number of amides is 2. The quantitative estimate of drug-likeness (QED) is 0.413. The van der Waals surface area contributed by atoms with E-state index in [0.717, 1.165) is 25.8 Å². The van der Waals surface area contributed by atoms with Crippen molar-refractivity contribution in [2.75, 3.05) is 19.6 Å². The Balaban J connectivity index is 1.29. The topological polar surface area (TPSA) is 92.0 Å². The van der Waals surface area contributed by atoms with Crippen molar-refractivity contribution in [3.8, 4) is 6.07 Å². The second-order valence-corrected chi connectivity index (χ2v) is 15.3. The van der Waals surface area contributed by atoms with Crippen molar-refractivity contribution in [1.82, 2.24) is 20.0 Å². The molecule has 4 atom stereocenters. The molecule has 0 bridgehead atoms.